The number of carbonyl (C=O) groups is 1. The van der Waals surface area contributed by atoms with Crippen LogP contribution in [0.2, 0.25) is 0 Å². The van der Waals surface area contributed by atoms with Gasteiger partial charge >= 0.3 is 0 Å². The van der Waals surface area contributed by atoms with Crippen LogP contribution in [0.3, 0.4) is 0 Å². The SMILES string of the molecule is O=C(CSc1nc(-c2ccccc2)cs1)N/N=C/c1ccccn1. The quantitative estimate of drug-likeness (QED) is 0.418. The number of nitrogens with one attached hydrogen (secondary N) is 1. The molecule has 0 atom stereocenters. The Bertz CT molecular complexity index is 819. The van der Waals surface area contributed by atoms with Crippen molar-refractivity contribution >= 4 is 35.2 Å². The second-order valence-corrected chi connectivity index (χ2v) is 6.78. The number of aromatic nitrogens is 2. The van der Waals surface area contributed by atoms with E-state index >= 15 is 0 Å². The molecule has 0 saturated heterocycles. The van der Waals surface area contributed by atoms with Crippen molar-refractivity contribution < 1.29 is 4.79 Å². The van der Waals surface area contributed by atoms with Gasteiger partial charge in [-0.3, -0.25) is 9.78 Å². The lowest BCUT2D eigenvalue weighted by Crippen LogP contribution is -2.19. The number of hydrogen-bond acceptors (Lipinski definition) is 6. The average molecular weight is 354 g/mol. The normalized spacial score (nSPS) is 10.8. The third-order valence-electron chi connectivity index (χ3n) is 2.95. The number of benzene rings is 1. The Morgan fingerprint density at radius 1 is 1.21 bits per heavy atom. The average Bonchev–Trinajstić information content (AvgIpc) is 3.11. The number of hydrogen-bond donors (Lipinski definition) is 1. The van der Waals surface area contributed by atoms with Gasteiger partial charge in [-0.15, -0.1) is 11.3 Å². The van der Waals surface area contributed by atoms with Crippen LogP contribution in [0.4, 0.5) is 0 Å². The van der Waals surface area contributed by atoms with E-state index in [1.807, 2.05) is 53.9 Å². The van der Waals surface area contributed by atoms with Crippen molar-refractivity contribution in [3.8, 4) is 11.3 Å². The fraction of sp³-hybridized carbons (Fsp3) is 0.0588. The summed E-state index contributed by atoms with van der Waals surface area (Å²) in [5, 5.41) is 5.88. The monoisotopic (exact) mass is 354 g/mol. The lowest BCUT2D eigenvalue weighted by atomic mass is 10.2. The minimum atomic E-state index is -0.177. The number of nitrogens with zero attached hydrogens (tertiary/aromatic N) is 3. The van der Waals surface area contributed by atoms with Crippen molar-refractivity contribution in [2.45, 2.75) is 4.34 Å². The van der Waals surface area contributed by atoms with Gasteiger partial charge in [-0.05, 0) is 12.1 Å². The summed E-state index contributed by atoms with van der Waals surface area (Å²) in [6.07, 6.45) is 3.19. The molecule has 0 spiro atoms. The third-order valence-corrected chi connectivity index (χ3v) is 4.97. The van der Waals surface area contributed by atoms with E-state index in [0.29, 0.717) is 5.69 Å². The second kappa shape index (κ2) is 8.37. The summed E-state index contributed by atoms with van der Waals surface area (Å²) < 4.78 is 0.859. The van der Waals surface area contributed by atoms with E-state index in [2.05, 4.69) is 20.5 Å². The molecule has 1 aromatic carbocycles. The highest BCUT2D eigenvalue weighted by atomic mass is 32.2. The number of carbonyl (C=O) groups excluding carboxylic acids is 1. The van der Waals surface area contributed by atoms with Gasteiger partial charge in [0.05, 0.1) is 23.4 Å². The number of amides is 1. The Hall–Kier alpha value is -2.51. The molecule has 0 saturated carbocycles. The smallest absolute Gasteiger partial charge is 0.250 e. The summed E-state index contributed by atoms with van der Waals surface area (Å²) >= 11 is 2.93. The van der Waals surface area contributed by atoms with Gasteiger partial charge in [-0.25, -0.2) is 10.4 Å². The molecule has 24 heavy (non-hydrogen) atoms. The van der Waals surface area contributed by atoms with Crippen molar-refractivity contribution in [1.82, 2.24) is 15.4 Å². The zero-order chi connectivity index (χ0) is 16.6. The van der Waals surface area contributed by atoms with Crippen molar-refractivity contribution in [3.05, 3.63) is 65.8 Å². The Morgan fingerprint density at radius 3 is 2.83 bits per heavy atom. The van der Waals surface area contributed by atoms with Gasteiger partial charge in [-0.1, -0.05) is 48.2 Å². The highest BCUT2D eigenvalue weighted by Gasteiger charge is 2.07. The van der Waals surface area contributed by atoms with Gasteiger partial charge in [0.1, 0.15) is 0 Å². The third kappa shape index (κ3) is 4.74. The maximum Gasteiger partial charge on any atom is 0.250 e. The van der Waals surface area contributed by atoms with E-state index in [1.54, 1.807) is 6.20 Å². The van der Waals surface area contributed by atoms with Crippen LogP contribution in [0.25, 0.3) is 11.3 Å². The molecule has 0 radical (unpaired) electrons. The van der Waals surface area contributed by atoms with Crippen LogP contribution in [-0.4, -0.2) is 27.8 Å². The van der Waals surface area contributed by atoms with E-state index in [0.717, 1.165) is 15.6 Å². The molecule has 1 N–H and O–H groups in total. The molecular formula is C17H14N4OS2. The molecule has 120 valence electrons. The van der Waals surface area contributed by atoms with Gasteiger partial charge in [0.15, 0.2) is 4.34 Å². The first-order valence-electron chi connectivity index (χ1n) is 7.18. The number of rotatable bonds is 6. The molecule has 5 nitrogen and oxygen atoms in total. The molecule has 3 aromatic rings. The predicted octanol–water partition coefficient (Wildman–Crippen LogP) is 3.45. The number of thioether (sulfide) groups is 1. The summed E-state index contributed by atoms with van der Waals surface area (Å²) in [7, 11) is 0. The van der Waals surface area contributed by atoms with Crippen molar-refractivity contribution in [2.24, 2.45) is 5.10 Å². The maximum atomic E-state index is 11.8. The first-order valence-corrected chi connectivity index (χ1v) is 9.04. The molecule has 7 heteroatoms. The summed E-state index contributed by atoms with van der Waals surface area (Å²) in [4.78, 5) is 20.4. The number of thiazole rings is 1. The number of pyridine rings is 1. The van der Waals surface area contributed by atoms with Gasteiger partial charge in [0.25, 0.3) is 5.91 Å². The van der Waals surface area contributed by atoms with Crippen molar-refractivity contribution in [3.63, 3.8) is 0 Å². The summed E-state index contributed by atoms with van der Waals surface area (Å²) in [6, 6.07) is 15.5. The fourth-order valence-corrected chi connectivity index (χ4v) is 3.47. The Labute approximate surface area is 147 Å². The fourth-order valence-electron chi connectivity index (χ4n) is 1.85. The van der Waals surface area contributed by atoms with Gasteiger partial charge < -0.3 is 0 Å². The highest BCUT2D eigenvalue weighted by Crippen LogP contribution is 2.27. The molecule has 0 bridgehead atoms. The standard InChI is InChI=1S/C17H14N4OS2/c22-16(21-19-10-14-8-4-5-9-18-14)12-24-17-20-15(11-23-17)13-6-2-1-3-7-13/h1-11H,12H2,(H,21,22)/b19-10+. The molecule has 1 amide bonds. The topological polar surface area (TPSA) is 67.2 Å². The molecule has 0 aliphatic heterocycles. The van der Waals surface area contributed by atoms with E-state index in [9.17, 15) is 4.79 Å². The van der Waals surface area contributed by atoms with E-state index < -0.39 is 0 Å². The van der Waals surface area contributed by atoms with Gasteiger partial charge in [-0.2, -0.15) is 5.10 Å². The minimum absolute atomic E-state index is 0.177. The van der Waals surface area contributed by atoms with Crippen LogP contribution >= 0.6 is 23.1 Å². The molecule has 2 aromatic heterocycles. The second-order valence-electron chi connectivity index (χ2n) is 4.70. The molecular weight excluding hydrogens is 340 g/mol. The van der Waals surface area contributed by atoms with E-state index in [1.165, 1.54) is 29.3 Å². The Kier molecular flexibility index (Phi) is 5.70. The first kappa shape index (κ1) is 16.4. The molecule has 0 aliphatic rings. The first-order chi connectivity index (χ1) is 11.8. The van der Waals surface area contributed by atoms with Crippen LogP contribution in [0.1, 0.15) is 5.69 Å². The summed E-state index contributed by atoms with van der Waals surface area (Å²) in [5.74, 6) is 0.0880. The van der Waals surface area contributed by atoms with Crippen LogP contribution in [0.5, 0.6) is 0 Å². The largest absolute Gasteiger partial charge is 0.272 e. The minimum Gasteiger partial charge on any atom is -0.272 e. The molecule has 0 fully saturated rings. The molecule has 2 heterocycles. The molecule has 0 aliphatic carbocycles. The van der Waals surface area contributed by atoms with Gasteiger partial charge in [0.2, 0.25) is 0 Å². The predicted molar refractivity (Wildman–Crippen MR) is 98.2 cm³/mol. The summed E-state index contributed by atoms with van der Waals surface area (Å²) in [5.41, 5.74) is 5.18. The lowest BCUT2D eigenvalue weighted by Gasteiger charge is -1.98. The molecule has 0 unspecified atom stereocenters. The summed E-state index contributed by atoms with van der Waals surface area (Å²) in [6.45, 7) is 0. The Morgan fingerprint density at radius 2 is 2.04 bits per heavy atom. The van der Waals surface area contributed by atoms with Crippen LogP contribution in [0, 0.1) is 0 Å². The zero-order valence-electron chi connectivity index (χ0n) is 12.6. The van der Waals surface area contributed by atoms with Crippen LogP contribution in [-0.2, 0) is 4.79 Å². The molecule has 3 rings (SSSR count). The van der Waals surface area contributed by atoms with E-state index in [4.69, 9.17) is 0 Å². The lowest BCUT2D eigenvalue weighted by molar-refractivity contribution is -0.118. The van der Waals surface area contributed by atoms with Crippen molar-refractivity contribution in [2.75, 3.05) is 5.75 Å². The van der Waals surface area contributed by atoms with Crippen LogP contribution in [0.15, 0.2) is 69.5 Å². The van der Waals surface area contributed by atoms with Crippen molar-refractivity contribution in [1.29, 1.82) is 0 Å². The van der Waals surface area contributed by atoms with Gasteiger partial charge in [0, 0.05) is 17.1 Å². The van der Waals surface area contributed by atoms with Crippen LogP contribution < -0.4 is 5.43 Å². The van der Waals surface area contributed by atoms with E-state index in [-0.39, 0.29) is 11.7 Å². The highest BCUT2D eigenvalue weighted by molar-refractivity contribution is 8.01. The number of hydrazone groups is 1. The Balaban J connectivity index is 1.48. The maximum absolute atomic E-state index is 11.8. The zero-order valence-corrected chi connectivity index (χ0v) is 14.3.